The Bertz CT molecular complexity index is 1440. The molecule has 5 rings (SSSR count). The van der Waals surface area contributed by atoms with Crippen LogP contribution in [-0.4, -0.2) is 89.6 Å². The quantitative estimate of drug-likeness (QED) is 0.238. The van der Waals surface area contributed by atoms with Gasteiger partial charge in [-0.2, -0.15) is 4.73 Å². The second kappa shape index (κ2) is 15.1. The summed E-state index contributed by atoms with van der Waals surface area (Å²) in [5.74, 6) is -1.64. The smallest absolute Gasteiger partial charge is 0.246 e. The van der Waals surface area contributed by atoms with Crippen LogP contribution in [0.25, 0.3) is 10.9 Å². The Morgan fingerprint density at radius 3 is 2.48 bits per heavy atom. The summed E-state index contributed by atoms with van der Waals surface area (Å²) in [6.07, 6.45) is 7.06. The minimum absolute atomic E-state index is 0.0958. The summed E-state index contributed by atoms with van der Waals surface area (Å²) in [5.41, 5.74) is 1.61. The highest BCUT2D eigenvalue weighted by Crippen LogP contribution is 2.25. The molecule has 6 atom stereocenters. The van der Waals surface area contributed by atoms with Crippen molar-refractivity contribution in [1.82, 2.24) is 25.6 Å². The number of amides is 4. The third-order valence-electron chi connectivity index (χ3n) is 9.62. The first kappa shape index (κ1) is 33.4. The molecule has 0 spiro atoms. The van der Waals surface area contributed by atoms with Crippen molar-refractivity contribution in [1.29, 1.82) is 0 Å². The van der Waals surface area contributed by atoms with Crippen molar-refractivity contribution >= 4 is 40.3 Å². The number of rotatable bonds is 12. The van der Waals surface area contributed by atoms with Crippen molar-refractivity contribution in [3.63, 3.8) is 0 Å². The van der Waals surface area contributed by atoms with Gasteiger partial charge in [-0.15, -0.1) is 0 Å². The molecule has 3 aliphatic heterocycles. The second-order valence-electron chi connectivity index (χ2n) is 12.8. The van der Waals surface area contributed by atoms with Gasteiger partial charge in [0.1, 0.15) is 37.4 Å². The van der Waals surface area contributed by atoms with Gasteiger partial charge in [-0.05, 0) is 49.7 Å². The zero-order valence-corrected chi connectivity index (χ0v) is 27.1. The zero-order chi connectivity index (χ0) is 32.8. The lowest BCUT2D eigenvalue weighted by atomic mass is 9.93. The third kappa shape index (κ3) is 7.71. The molecule has 12 heteroatoms. The fraction of sp³-hybridized carbons (Fsp3) is 0.618. The molecular formula is C34H47N5O7. The molecule has 1 aromatic heterocycles. The number of nitrogens with zero attached hydrogens (tertiary/aromatic N) is 2. The molecule has 4 amide bonds. The summed E-state index contributed by atoms with van der Waals surface area (Å²) < 4.78 is 6.68. The number of carbonyl (C=O) groups excluding carboxylic acids is 5. The predicted octanol–water partition coefficient (Wildman–Crippen LogP) is 2.06. The summed E-state index contributed by atoms with van der Waals surface area (Å²) in [5, 5.41) is 9.74. The number of ketones is 1. The van der Waals surface area contributed by atoms with Gasteiger partial charge < -0.3 is 30.4 Å². The Morgan fingerprint density at radius 1 is 1.00 bits per heavy atom. The Balaban J connectivity index is 1.42. The normalized spacial score (nSPS) is 26.2. The molecular weight excluding hydrogens is 590 g/mol. The number of fused-ring (bicyclic) bond motifs is 2. The van der Waals surface area contributed by atoms with Crippen molar-refractivity contribution in [3.8, 4) is 0 Å². The van der Waals surface area contributed by atoms with Gasteiger partial charge in [0.15, 0.2) is 5.78 Å². The van der Waals surface area contributed by atoms with Crippen LogP contribution in [-0.2, 0) is 35.1 Å². The molecule has 0 saturated carbocycles. The van der Waals surface area contributed by atoms with Crippen LogP contribution in [0.5, 0.6) is 0 Å². The number of para-hydroxylation sites is 1. The molecule has 46 heavy (non-hydrogen) atoms. The number of epoxide rings is 1. The first-order valence-electron chi connectivity index (χ1n) is 16.7. The molecule has 3 N–H and O–H groups in total. The second-order valence-corrected chi connectivity index (χ2v) is 12.8. The summed E-state index contributed by atoms with van der Waals surface area (Å²) in [4.78, 5) is 74.9. The number of carbonyl (C=O) groups is 5. The van der Waals surface area contributed by atoms with Crippen LogP contribution in [0.1, 0.15) is 77.2 Å². The summed E-state index contributed by atoms with van der Waals surface area (Å²) in [6.45, 7) is 4.77. The van der Waals surface area contributed by atoms with Crippen LogP contribution in [0.2, 0.25) is 0 Å². The van der Waals surface area contributed by atoms with Crippen molar-refractivity contribution in [2.24, 2.45) is 5.92 Å². The third-order valence-corrected chi connectivity index (χ3v) is 9.62. The van der Waals surface area contributed by atoms with E-state index in [0.717, 1.165) is 29.3 Å². The Morgan fingerprint density at radius 2 is 1.74 bits per heavy atom. The largest absolute Gasteiger partial charge is 0.417 e. The minimum atomic E-state index is -1.02. The number of benzene rings is 1. The van der Waals surface area contributed by atoms with Crippen LogP contribution in [0.4, 0.5) is 0 Å². The number of nitrogens with one attached hydrogen (secondary N) is 3. The predicted molar refractivity (Wildman–Crippen MR) is 171 cm³/mol. The molecule has 0 radical (unpaired) electrons. The number of Topliss-reactive ketones (excluding diaryl/α,β-unsaturated/α-hetero) is 1. The number of hydrogen-bond donors (Lipinski definition) is 3. The van der Waals surface area contributed by atoms with Crippen molar-refractivity contribution in [2.45, 2.75) is 108 Å². The van der Waals surface area contributed by atoms with E-state index in [9.17, 15) is 24.0 Å². The highest BCUT2D eigenvalue weighted by Gasteiger charge is 2.41. The minimum Gasteiger partial charge on any atom is -0.417 e. The fourth-order valence-electron chi connectivity index (χ4n) is 6.57. The number of piperidine rings is 1. The lowest BCUT2D eigenvalue weighted by Crippen LogP contribution is -2.64. The van der Waals surface area contributed by atoms with E-state index >= 15 is 0 Å². The maximum atomic E-state index is 14.1. The lowest BCUT2D eigenvalue weighted by Gasteiger charge is -2.39. The molecule has 12 nitrogen and oxygen atoms in total. The monoisotopic (exact) mass is 637 g/mol. The summed E-state index contributed by atoms with van der Waals surface area (Å²) in [6, 6.07) is 4.15. The van der Waals surface area contributed by atoms with E-state index in [2.05, 4.69) is 16.0 Å². The van der Waals surface area contributed by atoms with Gasteiger partial charge in [-0.3, -0.25) is 24.0 Å². The molecule has 3 aliphatic rings. The van der Waals surface area contributed by atoms with Gasteiger partial charge in [0, 0.05) is 31.0 Å². The number of aromatic nitrogens is 1. The molecule has 2 unspecified atom stereocenters. The van der Waals surface area contributed by atoms with E-state index in [1.807, 2.05) is 38.1 Å². The zero-order valence-electron chi connectivity index (χ0n) is 27.1. The van der Waals surface area contributed by atoms with Gasteiger partial charge in [0.2, 0.25) is 23.6 Å². The van der Waals surface area contributed by atoms with Gasteiger partial charge in [-0.25, -0.2) is 0 Å². The standard InChI is InChI=1S/C34H47N5O7/c1-4-21(2)30-34(44)38-17-11-10-15-27(38)33(43)35-24(13-6-5-7-16-28(40)29-20-46-29)31(41)36-25(32(42)37-30)18-22-19-39(45-3)26-14-9-8-12-23(22)26/h8-9,12,14,19,21,24-25,27,29-30H,4-7,10-11,13,15-18,20H2,1-3H3,(H,35,43)(H,36,41)(H,37,42)/t21?,24-,25-,27+,29?,30-/m0/s1. The summed E-state index contributed by atoms with van der Waals surface area (Å²) in [7, 11) is 1.56. The SMILES string of the molecule is CCC(C)[C@@H]1NC(=O)[C@H](Cc2cn(OC)c3ccccc23)NC(=O)[C@H](CCCCCC(=O)C2CO2)NC(=O)[C@H]2CCCCN2C1=O. The van der Waals surface area contributed by atoms with Crippen molar-refractivity contribution < 1.29 is 33.5 Å². The van der Waals surface area contributed by atoms with Gasteiger partial charge in [0.05, 0.1) is 12.1 Å². The average molecular weight is 638 g/mol. The first-order valence-corrected chi connectivity index (χ1v) is 16.7. The molecule has 0 bridgehead atoms. The van der Waals surface area contributed by atoms with Crippen LogP contribution in [0.3, 0.4) is 0 Å². The highest BCUT2D eigenvalue weighted by atomic mass is 16.6. The highest BCUT2D eigenvalue weighted by molar-refractivity contribution is 5.98. The van der Waals surface area contributed by atoms with E-state index in [1.54, 1.807) is 22.9 Å². The number of ether oxygens (including phenoxy) is 1. The molecule has 3 saturated heterocycles. The van der Waals surface area contributed by atoms with Gasteiger partial charge in [-0.1, -0.05) is 51.3 Å². The van der Waals surface area contributed by atoms with E-state index < -0.39 is 36.0 Å². The maximum absolute atomic E-state index is 14.1. The van der Waals surface area contributed by atoms with Crippen molar-refractivity contribution in [3.05, 3.63) is 36.0 Å². The molecule has 2 aromatic rings. The Hall–Kier alpha value is -3.93. The Kier molecular flexibility index (Phi) is 11.0. The average Bonchev–Trinajstić information content (AvgIpc) is 3.87. The number of hydrogen-bond acceptors (Lipinski definition) is 7. The molecule has 250 valence electrons. The topological polar surface area (TPSA) is 151 Å². The van der Waals surface area contributed by atoms with Crippen LogP contribution >= 0.6 is 0 Å². The van der Waals surface area contributed by atoms with E-state index in [0.29, 0.717) is 58.1 Å². The van der Waals surface area contributed by atoms with Gasteiger partial charge >= 0.3 is 0 Å². The van der Waals surface area contributed by atoms with Crippen LogP contribution in [0, 0.1) is 5.92 Å². The van der Waals surface area contributed by atoms with Crippen LogP contribution in [0.15, 0.2) is 30.5 Å². The van der Waals surface area contributed by atoms with Gasteiger partial charge in [0.25, 0.3) is 0 Å². The summed E-state index contributed by atoms with van der Waals surface area (Å²) >= 11 is 0. The first-order chi connectivity index (χ1) is 22.2. The van der Waals surface area contributed by atoms with E-state index in [4.69, 9.17) is 9.57 Å². The molecule has 4 heterocycles. The van der Waals surface area contributed by atoms with Crippen LogP contribution < -0.4 is 20.8 Å². The number of unbranched alkanes of at least 4 members (excludes halogenated alkanes) is 2. The maximum Gasteiger partial charge on any atom is 0.246 e. The Labute approximate surface area is 269 Å². The van der Waals surface area contributed by atoms with E-state index in [1.165, 1.54) is 0 Å². The van der Waals surface area contributed by atoms with E-state index in [-0.39, 0.29) is 36.0 Å². The fourth-order valence-corrected chi connectivity index (χ4v) is 6.57. The molecule has 3 fully saturated rings. The van der Waals surface area contributed by atoms with Crippen molar-refractivity contribution in [2.75, 3.05) is 20.3 Å². The lowest BCUT2D eigenvalue weighted by molar-refractivity contribution is -0.147. The molecule has 1 aromatic carbocycles. The molecule has 0 aliphatic carbocycles.